The molecule has 1 heteroatoms. The van der Waals surface area contributed by atoms with Crippen LogP contribution in [0.3, 0.4) is 0 Å². The molecule has 10 rings (SSSR count). The Morgan fingerprint density at radius 1 is 0.554 bits per heavy atom. The zero-order chi connectivity index (χ0) is 38.0. The highest BCUT2D eigenvalue weighted by Crippen LogP contribution is 2.46. The van der Waals surface area contributed by atoms with E-state index < -0.39 is 0 Å². The molecule has 8 aromatic carbocycles. The molecule has 1 aliphatic rings. The fraction of sp³-hybridized carbons (Fsp3) is 0.127. The van der Waals surface area contributed by atoms with Crippen molar-refractivity contribution in [3.63, 3.8) is 0 Å². The molecule has 0 atom stereocenters. The minimum atomic E-state index is -0.0485. The largest absolute Gasteiger partial charge is 0.135 e. The predicted octanol–water partition coefficient (Wildman–Crippen LogP) is 15.7. The number of rotatable bonds is 6. The lowest BCUT2D eigenvalue weighted by atomic mass is 9.81. The third-order valence-electron chi connectivity index (χ3n) is 12.3. The van der Waals surface area contributed by atoms with E-state index in [1.54, 1.807) is 0 Å². The van der Waals surface area contributed by atoms with Gasteiger partial charge < -0.3 is 0 Å². The van der Waals surface area contributed by atoms with E-state index in [1.807, 2.05) is 11.3 Å². The second-order valence-corrected chi connectivity index (χ2v) is 17.2. The molecule has 0 radical (unpaired) electrons. The van der Waals surface area contributed by atoms with E-state index in [9.17, 15) is 0 Å². The Hall–Kier alpha value is -6.02. The molecule has 0 saturated heterocycles. The third-order valence-corrected chi connectivity index (χ3v) is 13.5. The molecule has 56 heavy (non-hydrogen) atoms. The molecule has 9 aromatic rings. The Morgan fingerprint density at radius 2 is 1.16 bits per heavy atom. The highest BCUT2D eigenvalue weighted by Gasteiger charge is 2.34. The first-order chi connectivity index (χ1) is 27.3. The van der Waals surface area contributed by atoms with Crippen LogP contribution in [0.5, 0.6) is 0 Å². The summed E-state index contributed by atoms with van der Waals surface area (Å²) in [4.78, 5) is 0. The van der Waals surface area contributed by atoms with Gasteiger partial charge >= 0.3 is 0 Å². The quantitative estimate of drug-likeness (QED) is 0.118. The van der Waals surface area contributed by atoms with Crippen molar-refractivity contribution in [2.45, 2.75) is 46.0 Å². The van der Waals surface area contributed by atoms with Crippen molar-refractivity contribution in [3.05, 3.63) is 203 Å². The van der Waals surface area contributed by atoms with Crippen molar-refractivity contribution in [2.75, 3.05) is 0 Å². The molecule has 0 spiro atoms. The molecule has 1 aliphatic carbocycles. The van der Waals surface area contributed by atoms with E-state index in [-0.39, 0.29) is 5.41 Å². The smallest absolute Gasteiger partial charge is 0.0361 e. The van der Waals surface area contributed by atoms with E-state index in [2.05, 4.69) is 198 Å². The number of allylic oxidation sites excluding steroid dienone is 8. The second kappa shape index (κ2) is 13.6. The van der Waals surface area contributed by atoms with Crippen LogP contribution < -0.4 is 0 Å². The summed E-state index contributed by atoms with van der Waals surface area (Å²) in [6.07, 6.45) is 13.5. The number of hydrogen-bond donors (Lipinski definition) is 0. The van der Waals surface area contributed by atoms with Crippen molar-refractivity contribution < 1.29 is 0 Å². The van der Waals surface area contributed by atoms with Gasteiger partial charge in [-0.1, -0.05) is 165 Å². The summed E-state index contributed by atoms with van der Waals surface area (Å²) in [6, 6.07) is 51.9. The highest BCUT2D eigenvalue weighted by molar-refractivity contribution is 7.25. The summed E-state index contributed by atoms with van der Waals surface area (Å²) in [5.74, 6) is 0. The Kier molecular flexibility index (Phi) is 8.38. The SMILES string of the molecule is C/C(=C\C=C/Cc1ccc2ccccc2c1)c1c2ccccc2c(/C(C)=C/C=C2\Cc3cc4cc5c(cc4cc3C2(C)C)sc2ccccc25)c2ccccc12. The zero-order valence-electron chi connectivity index (χ0n) is 32.5. The first-order valence-electron chi connectivity index (χ1n) is 19.9. The lowest BCUT2D eigenvalue weighted by Gasteiger charge is -2.22. The molecule has 0 amide bonds. The summed E-state index contributed by atoms with van der Waals surface area (Å²) >= 11 is 1.90. The van der Waals surface area contributed by atoms with Crippen molar-refractivity contribution in [2.24, 2.45) is 0 Å². The fourth-order valence-corrected chi connectivity index (χ4v) is 10.5. The van der Waals surface area contributed by atoms with E-state index in [1.165, 1.54) is 108 Å². The van der Waals surface area contributed by atoms with Crippen LogP contribution in [0.2, 0.25) is 0 Å². The van der Waals surface area contributed by atoms with Crippen LogP contribution in [0.4, 0.5) is 0 Å². The molecule has 0 unspecified atom stereocenters. The van der Waals surface area contributed by atoms with Crippen molar-refractivity contribution in [3.8, 4) is 0 Å². The molecule has 0 aliphatic heterocycles. The van der Waals surface area contributed by atoms with Crippen LogP contribution in [-0.4, -0.2) is 0 Å². The lowest BCUT2D eigenvalue weighted by Crippen LogP contribution is -2.15. The van der Waals surface area contributed by atoms with Gasteiger partial charge in [-0.25, -0.2) is 0 Å². The van der Waals surface area contributed by atoms with E-state index in [0.717, 1.165) is 12.8 Å². The molecule has 0 bridgehead atoms. The molecule has 0 saturated carbocycles. The monoisotopic (exact) mass is 736 g/mol. The van der Waals surface area contributed by atoms with Crippen LogP contribution in [0.25, 0.3) is 74.4 Å². The van der Waals surface area contributed by atoms with Gasteiger partial charge in [0.25, 0.3) is 0 Å². The Bertz CT molecular complexity index is 3120. The number of hydrogen-bond acceptors (Lipinski definition) is 1. The highest BCUT2D eigenvalue weighted by atomic mass is 32.1. The number of thiophene rings is 1. The maximum Gasteiger partial charge on any atom is 0.0361 e. The molecule has 0 nitrogen and oxygen atoms in total. The van der Waals surface area contributed by atoms with Gasteiger partial charge in [0.1, 0.15) is 0 Å². The maximum absolute atomic E-state index is 2.47. The first-order valence-corrected chi connectivity index (χ1v) is 20.7. The molecule has 1 aromatic heterocycles. The predicted molar refractivity (Wildman–Crippen MR) is 247 cm³/mol. The summed E-state index contributed by atoms with van der Waals surface area (Å²) in [6.45, 7) is 9.37. The van der Waals surface area contributed by atoms with Crippen LogP contribution >= 0.6 is 11.3 Å². The number of benzene rings is 8. The average molecular weight is 737 g/mol. The molecule has 0 fully saturated rings. The van der Waals surface area contributed by atoms with E-state index >= 15 is 0 Å². The van der Waals surface area contributed by atoms with Gasteiger partial charge in [-0.15, -0.1) is 11.3 Å². The van der Waals surface area contributed by atoms with Crippen molar-refractivity contribution in [1.29, 1.82) is 0 Å². The number of fused-ring (bicyclic) bond motifs is 8. The molecule has 1 heterocycles. The van der Waals surface area contributed by atoms with Gasteiger partial charge in [-0.3, -0.25) is 0 Å². The normalized spacial score (nSPS) is 15.5. The fourth-order valence-electron chi connectivity index (χ4n) is 9.31. The summed E-state index contributed by atoms with van der Waals surface area (Å²) in [7, 11) is 0. The summed E-state index contributed by atoms with van der Waals surface area (Å²) < 4.78 is 2.73. The van der Waals surface area contributed by atoms with Gasteiger partial charge in [0.05, 0.1) is 0 Å². The Morgan fingerprint density at radius 3 is 1.88 bits per heavy atom. The Labute approximate surface area is 333 Å². The van der Waals surface area contributed by atoms with Gasteiger partial charge in [-0.2, -0.15) is 0 Å². The van der Waals surface area contributed by atoms with E-state index in [4.69, 9.17) is 0 Å². The van der Waals surface area contributed by atoms with Gasteiger partial charge in [0, 0.05) is 25.6 Å². The van der Waals surface area contributed by atoms with Crippen LogP contribution in [-0.2, 0) is 18.3 Å². The minimum Gasteiger partial charge on any atom is -0.135 e. The average Bonchev–Trinajstić information content (AvgIpc) is 3.70. The van der Waals surface area contributed by atoms with Gasteiger partial charge in [-0.05, 0) is 133 Å². The minimum absolute atomic E-state index is 0.0485. The summed E-state index contributed by atoms with van der Waals surface area (Å²) in [5, 5.41) is 13.2. The molecular formula is C55H44S. The van der Waals surface area contributed by atoms with Gasteiger partial charge in [0.2, 0.25) is 0 Å². The molecular weight excluding hydrogens is 693 g/mol. The summed E-state index contributed by atoms with van der Waals surface area (Å²) in [5.41, 5.74) is 10.9. The van der Waals surface area contributed by atoms with E-state index in [0.29, 0.717) is 0 Å². The van der Waals surface area contributed by atoms with Crippen molar-refractivity contribution >= 4 is 85.7 Å². The van der Waals surface area contributed by atoms with Gasteiger partial charge in [0.15, 0.2) is 0 Å². The molecule has 270 valence electrons. The Balaban J connectivity index is 0.997. The van der Waals surface area contributed by atoms with Crippen LogP contribution in [0.15, 0.2) is 175 Å². The third kappa shape index (κ3) is 5.81. The topological polar surface area (TPSA) is 0 Å². The standard InChI is InChI=1S/C55H44S/c1-35(15-5-6-16-37-26-27-38-17-7-8-18-39(38)29-37)53-45-20-9-11-22-47(45)54(48-23-12-10-21-46(48)53)36(2)25-28-43-31-42-30-40-32-49-44-19-13-14-24-51(44)56-52(49)34-41(40)33-50(42)55(43,3)4/h5-15,17-30,32-34H,16,31H2,1-4H3/b6-5-,35-15+,36-25+,43-28+. The van der Waals surface area contributed by atoms with Crippen LogP contribution in [0.1, 0.15) is 55.5 Å². The first kappa shape index (κ1) is 34.5. The maximum atomic E-state index is 2.47. The zero-order valence-corrected chi connectivity index (χ0v) is 33.3. The van der Waals surface area contributed by atoms with Crippen molar-refractivity contribution in [1.82, 2.24) is 0 Å². The van der Waals surface area contributed by atoms with Crippen LogP contribution in [0, 0.1) is 0 Å². The lowest BCUT2D eigenvalue weighted by molar-refractivity contribution is 0.645. The second-order valence-electron chi connectivity index (χ2n) is 16.2. The molecule has 0 N–H and O–H groups in total.